The van der Waals surface area contributed by atoms with Gasteiger partial charge in [-0.05, 0) is 53.6 Å². The standard InChI is InChI=1S/C34H51N5O7Si2/c1-20(2)47(21(3)4)33(41)28-34(42,48(46-47,22(5)6)23(7)8)27(44-25-16-12-13-17-43-25)32(45-28)39-19-37-26-29(35-18-36-30(26)39)38-31(40)24-14-10-9-11-15-24/h9-11,14-15,18-23,25,27-28,32-33,41-42H,12-13,16-17H2,1-8H3,(H,35,36,38,40)/t25?,27-,28+,32+,33?,34+/m0/s1. The Bertz CT molecular complexity index is 1580. The quantitative estimate of drug-likeness (QED) is 0.241. The van der Waals surface area contributed by atoms with Crippen molar-refractivity contribution in [1.29, 1.82) is 0 Å². The van der Waals surface area contributed by atoms with Crippen molar-refractivity contribution >= 4 is 39.5 Å². The predicted octanol–water partition coefficient (Wildman–Crippen LogP) is 5.62. The number of amides is 1. The van der Waals surface area contributed by atoms with Gasteiger partial charge in [-0.2, -0.15) is 0 Å². The second kappa shape index (κ2) is 13.3. The monoisotopic (exact) mass is 697 g/mol. The smallest absolute Gasteiger partial charge is 0.256 e. The van der Waals surface area contributed by atoms with E-state index in [1.165, 1.54) is 6.33 Å². The third kappa shape index (κ3) is 5.30. The molecule has 14 heteroatoms. The van der Waals surface area contributed by atoms with Crippen molar-refractivity contribution in [2.45, 2.75) is 132 Å². The van der Waals surface area contributed by atoms with Crippen molar-refractivity contribution in [3.63, 3.8) is 0 Å². The van der Waals surface area contributed by atoms with Gasteiger partial charge in [-0.3, -0.25) is 9.36 Å². The Morgan fingerprint density at radius 1 is 1.00 bits per heavy atom. The number of imidazole rings is 1. The van der Waals surface area contributed by atoms with Crippen molar-refractivity contribution in [3.05, 3.63) is 48.5 Å². The lowest BCUT2D eigenvalue weighted by atomic mass is 10.1. The van der Waals surface area contributed by atoms with E-state index in [-0.39, 0.29) is 33.9 Å². The molecule has 0 saturated carbocycles. The molecule has 3 saturated heterocycles. The minimum atomic E-state index is -3.31. The predicted molar refractivity (Wildman–Crippen MR) is 186 cm³/mol. The van der Waals surface area contributed by atoms with Crippen molar-refractivity contribution in [1.82, 2.24) is 19.5 Å². The molecule has 3 aliphatic rings. The maximum Gasteiger partial charge on any atom is 0.256 e. The van der Waals surface area contributed by atoms with E-state index in [1.807, 2.05) is 6.07 Å². The van der Waals surface area contributed by atoms with Gasteiger partial charge in [0.25, 0.3) is 5.91 Å². The number of carbonyl (C=O) groups excluding carboxylic acids is 1. The van der Waals surface area contributed by atoms with Crippen LogP contribution in [0.15, 0.2) is 43.0 Å². The van der Waals surface area contributed by atoms with Crippen LogP contribution in [0.5, 0.6) is 0 Å². The first-order valence-corrected chi connectivity index (χ1v) is 21.6. The van der Waals surface area contributed by atoms with Gasteiger partial charge in [-0.25, -0.2) is 15.0 Å². The van der Waals surface area contributed by atoms with E-state index in [2.05, 4.69) is 75.7 Å². The topological polar surface area (TPSA) is 150 Å². The van der Waals surface area contributed by atoms with E-state index >= 15 is 0 Å². The van der Waals surface area contributed by atoms with E-state index in [0.29, 0.717) is 29.8 Å². The number of anilines is 1. The number of benzene rings is 1. The molecular weight excluding hydrogens is 647 g/mol. The summed E-state index contributed by atoms with van der Waals surface area (Å²) in [6, 6.07) is 8.88. The molecule has 3 N–H and O–H groups in total. The van der Waals surface area contributed by atoms with Gasteiger partial charge in [0.2, 0.25) is 16.6 Å². The van der Waals surface area contributed by atoms with Gasteiger partial charge in [-0.1, -0.05) is 73.6 Å². The zero-order chi connectivity index (χ0) is 34.6. The summed E-state index contributed by atoms with van der Waals surface area (Å²) < 4.78 is 29.2. The summed E-state index contributed by atoms with van der Waals surface area (Å²) >= 11 is 0. The number of rotatable bonds is 9. The molecule has 3 aromatic rings. The number of ether oxygens (including phenoxy) is 3. The van der Waals surface area contributed by atoms with E-state index in [9.17, 15) is 15.0 Å². The maximum absolute atomic E-state index is 13.5. The van der Waals surface area contributed by atoms with E-state index in [1.54, 1.807) is 35.2 Å². The molecule has 1 amide bonds. The fraction of sp³-hybridized carbons (Fsp3) is 0.647. The zero-order valence-corrected chi connectivity index (χ0v) is 31.3. The average Bonchev–Trinajstić information content (AvgIpc) is 3.61. The van der Waals surface area contributed by atoms with Crippen molar-refractivity contribution in [2.24, 2.45) is 0 Å². The first kappa shape index (κ1) is 35.3. The summed E-state index contributed by atoms with van der Waals surface area (Å²) in [4.78, 5) is 26.6. The highest BCUT2D eigenvalue weighted by Crippen LogP contribution is 2.61. The number of fused-ring (bicyclic) bond motifs is 2. The maximum atomic E-state index is 13.5. The van der Waals surface area contributed by atoms with E-state index in [4.69, 9.17) is 18.3 Å². The van der Waals surface area contributed by atoms with Crippen LogP contribution in [0.1, 0.15) is 91.2 Å². The summed E-state index contributed by atoms with van der Waals surface area (Å²) in [5.41, 5.74) is 0.247. The lowest BCUT2D eigenvalue weighted by Crippen LogP contribution is -2.85. The Morgan fingerprint density at radius 3 is 2.29 bits per heavy atom. The number of nitrogens with zero attached hydrogens (tertiary/aromatic N) is 4. The SMILES string of the molecule is CC(C)[Si]1(C(C)C)O[Si](C(C)C)(C(C)C)[C@@]2(O)[C@H](O[C@@H](n3cnc4c(NC(=O)c5ccccc5)ncnc43)[C@@H]2OC2CCCCO2)C1O. The Hall–Kier alpha value is -2.57. The Labute approximate surface area is 284 Å². The van der Waals surface area contributed by atoms with Crippen LogP contribution in [0.25, 0.3) is 11.2 Å². The molecule has 3 aliphatic heterocycles. The van der Waals surface area contributed by atoms with Crippen LogP contribution in [0.2, 0.25) is 22.2 Å². The molecule has 3 fully saturated rings. The normalized spacial score (nSPS) is 30.0. The third-order valence-electron chi connectivity index (χ3n) is 11.0. The fourth-order valence-corrected chi connectivity index (χ4v) is 24.2. The Balaban J connectivity index is 1.51. The third-order valence-corrected chi connectivity index (χ3v) is 23.8. The first-order valence-electron chi connectivity index (χ1n) is 17.4. The number of hydrogen-bond donors (Lipinski definition) is 3. The molecule has 2 aromatic heterocycles. The second-order valence-electron chi connectivity index (χ2n) is 14.8. The molecule has 1 aromatic carbocycles. The van der Waals surface area contributed by atoms with E-state index in [0.717, 1.165) is 12.8 Å². The van der Waals surface area contributed by atoms with Gasteiger partial charge in [0, 0.05) is 12.2 Å². The molecule has 262 valence electrons. The highest BCUT2D eigenvalue weighted by atomic mass is 28.4. The molecule has 0 aliphatic carbocycles. The van der Waals surface area contributed by atoms with Gasteiger partial charge < -0.3 is 33.9 Å². The Morgan fingerprint density at radius 2 is 1.69 bits per heavy atom. The molecule has 12 nitrogen and oxygen atoms in total. The molecule has 0 radical (unpaired) electrons. The van der Waals surface area contributed by atoms with Crippen LogP contribution in [-0.4, -0.2) is 88.3 Å². The summed E-state index contributed by atoms with van der Waals surface area (Å²) in [5, 5.41) is 27.2. The summed E-state index contributed by atoms with van der Waals surface area (Å²) in [7, 11) is -6.30. The number of hydrogen-bond acceptors (Lipinski definition) is 10. The van der Waals surface area contributed by atoms with Crippen LogP contribution in [0, 0.1) is 0 Å². The molecule has 6 atom stereocenters. The molecular formula is C34H51N5O7Si2. The number of aliphatic hydroxyl groups is 2. The molecule has 5 heterocycles. The number of aromatic nitrogens is 4. The van der Waals surface area contributed by atoms with Gasteiger partial charge >= 0.3 is 0 Å². The summed E-state index contributed by atoms with van der Waals surface area (Å²) in [6.45, 7) is 17.6. The number of nitrogens with one attached hydrogen (secondary N) is 1. The lowest BCUT2D eigenvalue weighted by Gasteiger charge is -2.63. The van der Waals surface area contributed by atoms with Crippen LogP contribution < -0.4 is 5.32 Å². The van der Waals surface area contributed by atoms with Gasteiger partial charge in [0.15, 0.2) is 29.5 Å². The van der Waals surface area contributed by atoms with Crippen molar-refractivity contribution in [2.75, 3.05) is 11.9 Å². The summed E-state index contributed by atoms with van der Waals surface area (Å²) in [5.74, 6) is -0.0795. The second-order valence-corrected chi connectivity index (χ2v) is 24.9. The fourth-order valence-electron chi connectivity index (χ4n) is 8.81. The van der Waals surface area contributed by atoms with Crippen LogP contribution >= 0.6 is 0 Å². The largest absolute Gasteiger partial charge is 0.451 e. The zero-order valence-electron chi connectivity index (χ0n) is 29.3. The molecule has 48 heavy (non-hydrogen) atoms. The number of carbonyl (C=O) groups is 1. The first-order chi connectivity index (χ1) is 22.8. The molecule has 2 unspecified atom stereocenters. The van der Waals surface area contributed by atoms with Crippen molar-refractivity contribution < 1.29 is 33.3 Å². The van der Waals surface area contributed by atoms with Crippen LogP contribution in [0.4, 0.5) is 5.82 Å². The highest BCUT2D eigenvalue weighted by Gasteiger charge is 2.80. The molecule has 6 rings (SSSR count). The van der Waals surface area contributed by atoms with Gasteiger partial charge in [0.1, 0.15) is 29.5 Å². The minimum Gasteiger partial charge on any atom is -0.451 e. The van der Waals surface area contributed by atoms with Crippen molar-refractivity contribution in [3.8, 4) is 0 Å². The number of aliphatic hydroxyl groups excluding tert-OH is 1. The summed E-state index contributed by atoms with van der Waals surface area (Å²) in [6.07, 6.45) is 2.04. The van der Waals surface area contributed by atoms with Gasteiger partial charge in [-0.15, -0.1) is 0 Å². The minimum absolute atomic E-state index is 0.0377. The van der Waals surface area contributed by atoms with E-state index < -0.39 is 52.3 Å². The highest BCUT2D eigenvalue weighted by molar-refractivity contribution is 6.93. The average molecular weight is 698 g/mol. The Kier molecular flexibility index (Phi) is 9.76. The molecule has 0 spiro atoms. The molecule has 0 bridgehead atoms. The van der Waals surface area contributed by atoms with Gasteiger partial charge in [0.05, 0.1) is 6.33 Å². The van der Waals surface area contributed by atoms with Crippen LogP contribution in [0.3, 0.4) is 0 Å². The van der Waals surface area contributed by atoms with Crippen LogP contribution in [-0.2, 0) is 18.3 Å². The lowest BCUT2D eigenvalue weighted by molar-refractivity contribution is -0.223.